The van der Waals surface area contributed by atoms with Crippen LogP contribution in [0.5, 0.6) is 0 Å². The molecule has 2 heterocycles. The molecule has 3 aromatic rings. The smallest absolute Gasteiger partial charge is 0.245 e. The average molecular weight is 263 g/mol. The summed E-state index contributed by atoms with van der Waals surface area (Å²) in [6.45, 7) is 0. The Labute approximate surface area is 106 Å². The van der Waals surface area contributed by atoms with Crippen LogP contribution < -0.4 is 11.1 Å². The van der Waals surface area contributed by atoms with Crippen molar-refractivity contribution in [3.8, 4) is 0 Å². The van der Waals surface area contributed by atoms with Crippen LogP contribution in [0.25, 0.3) is 11.3 Å². The first-order valence-electron chi connectivity index (χ1n) is 5.01. The van der Waals surface area contributed by atoms with Crippen molar-refractivity contribution in [1.29, 1.82) is 0 Å². The second-order valence-corrected chi connectivity index (χ2v) is 3.94. The molecule has 7 nitrogen and oxygen atoms in total. The summed E-state index contributed by atoms with van der Waals surface area (Å²) < 4.78 is 4.52. The van der Waals surface area contributed by atoms with Gasteiger partial charge >= 0.3 is 0 Å². The SMILES string of the molecule is Nc1nc2nonc2nc1Nc1ccc(Cl)cc1. The van der Waals surface area contributed by atoms with Crippen LogP contribution in [-0.2, 0) is 0 Å². The Balaban J connectivity index is 1.98. The molecule has 0 spiro atoms. The van der Waals surface area contributed by atoms with Gasteiger partial charge in [-0.25, -0.2) is 14.6 Å². The van der Waals surface area contributed by atoms with Crippen LogP contribution in [0.2, 0.25) is 5.02 Å². The quantitative estimate of drug-likeness (QED) is 0.728. The minimum absolute atomic E-state index is 0.216. The number of nitrogens with zero attached hydrogens (tertiary/aromatic N) is 4. The van der Waals surface area contributed by atoms with Crippen molar-refractivity contribution in [2.24, 2.45) is 0 Å². The van der Waals surface area contributed by atoms with Crippen LogP contribution in [-0.4, -0.2) is 20.3 Å². The van der Waals surface area contributed by atoms with Gasteiger partial charge in [0.05, 0.1) is 0 Å². The van der Waals surface area contributed by atoms with E-state index in [9.17, 15) is 0 Å². The van der Waals surface area contributed by atoms with Crippen molar-refractivity contribution in [1.82, 2.24) is 20.3 Å². The normalized spacial score (nSPS) is 10.7. The number of fused-ring (bicyclic) bond motifs is 1. The molecular formula is C10H7ClN6O. The maximum atomic E-state index is 5.80. The Morgan fingerprint density at radius 3 is 2.44 bits per heavy atom. The minimum Gasteiger partial charge on any atom is -0.381 e. The number of halogens is 1. The summed E-state index contributed by atoms with van der Waals surface area (Å²) in [5.74, 6) is 0.605. The standard InChI is InChI=1S/C10H7ClN6O/c11-5-1-3-6(4-2-5)13-8-7(12)14-9-10(15-8)17-18-16-9/h1-4H,(H2,12,14,16)(H,13,15,17). The highest BCUT2D eigenvalue weighted by atomic mass is 35.5. The van der Waals surface area contributed by atoms with E-state index in [-0.39, 0.29) is 11.5 Å². The largest absolute Gasteiger partial charge is 0.381 e. The zero-order chi connectivity index (χ0) is 12.5. The molecule has 0 saturated carbocycles. The van der Waals surface area contributed by atoms with E-state index in [2.05, 4.69) is 30.2 Å². The van der Waals surface area contributed by atoms with Gasteiger partial charge in [0.15, 0.2) is 11.6 Å². The van der Waals surface area contributed by atoms with Gasteiger partial charge in [-0.3, -0.25) is 0 Å². The van der Waals surface area contributed by atoms with Gasteiger partial charge in [0, 0.05) is 10.7 Å². The Bertz CT molecular complexity index is 695. The molecule has 0 bridgehead atoms. The average Bonchev–Trinajstić information content (AvgIpc) is 2.79. The third-order valence-corrected chi connectivity index (χ3v) is 2.50. The number of nitrogen functional groups attached to an aromatic ring is 1. The second kappa shape index (κ2) is 4.11. The summed E-state index contributed by atoms with van der Waals surface area (Å²) in [5, 5.41) is 10.8. The minimum atomic E-state index is 0.216. The molecule has 0 aliphatic carbocycles. The van der Waals surface area contributed by atoms with Crippen molar-refractivity contribution in [2.75, 3.05) is 11.1 Å². The van der Waals surface area contributed by atoms with E-state index in [1.807, 2.05) is 0 Å². The molecule has 0 aliphatic rings. The molecule has 90 valence electrons. The maximum absolute atomic E-state index is 5.80. The van der Waals surface area contributed by atoms with Gasteiger partial charge in [-0.05, 0) is 34.6 Å². The first-order chi connectivity index (χ1) is 8.72. The number of anilines is 3. The first kappa shape index (κ1) is 10.7. The van der Waals surface area contributed by atoms with Gasteiger partial charge in [0.1, 0.15) is 0 Å². The second-order valence-electron chi connectivity index (χ2n) is 3.50. The fraction of sp³-hybridized carbons (Fsp3) is 0. The van der Waals surface area contributed by atoms with Crippen LogP contribution in [0.1, 0.15) is 0 Å². The number of rotatable bonds is 2. The molecule has 3 N–H and O–H groups in total. The molecule has 0 amide bonds. The summed E-state index contributed by atoms with van der Waals surface area (Å²) in [5.41, 5.74) is 7.10. The molecule has 3 rings (SSSR count). The van der Waals surface area contributed by atoms with Gasteiger partial charge in [-0.15, -0.1) is 0 Å². The fourth-order valence-electron chi connectivity index (χ4n) is 1.41. The van der Waals surface area contributed by atoms with Gasteiger partial charge in [-0.1, -0.05) is 11.6 Å². The van der Waals surface area contributed by atoms with Gasteiger partial charge < -0.3 is 11.1 Å². The zero-order valence-corrected chi connectivity index (χ0v) is 9.72. The number of aromatic nitrogens is 4. The Morgan fingerprint density at radius 1 is 1.06 bits per heavy atom. The Hall–Kier alpha value is -2.41. The van der Waals surface area contributed by atoms with Crippen molar-refractivity contribution in [3.05, 3.63) is 29.3 Å². The molecule has 1 aromatic carbocycles. The van der Waals surface area contributed by atoms with Gasteiger partial charge in [-0.2, -0.15) is 0 Å². The maximum Gasteiger partial charge on any atom is 0.245 e. The summed E-state index contributed by atoms with van der Waals surface area (Å²) in [6.07, 6.45) is 0. The molecule has 0 radical (unpaired) electrons. The van der Waals surface area contributed by atoms with Crippen molar-refractivity contribution in [2.45, 2.75) is 0 Å². The summed E-state index contributed by atoms with van der Waals surface area (Å²) in [6, 6.07) is 7.11. The number of hydrogen-bond donors (Lipinski definition) is 2. The van der Waals surface area contributed by atoms with Crippen LogP contribution in [0.4, 0.5) is 17.3 Å². The summed E-state index contributed by atoms with van der Waals surface area (Å²) >= 11 is 5.80. The number of nitrogens with one attached hydrogen (secondary N) is 1. The Kier molecular flexibility index (Phi) is 2.45. The third kappa shape index (κ3) is 1.91. The van der Waals surface area contributed by atoms with Crippen LogP contribution in [0.3, 0.4) is 0 Å². The molecule has 8 heteroatoms. The number of nitrogens with two attached hydrogens (primary N) is 1. The van der Waals surface area contributed by atoms with Crippen molar-refractivity contribution < 1.29 is 4.63 Å². The summed E-state index contributed by atoms with van der Waals surface area (Å²) in [7, 11) is 0. The first-order valence-corrected chi connectivity index (χ1v) is 5.38. The van der Waals surface area contributed by atoms with Crippen LogP contribution >= 0.6 is 11.6 Å². The van der Waals surface area contributed by atoms with Crippen molar-refractivity contribution >= 4 is 40.2 Å². The Morgan fingerprint density at radius 2 is 1.72 bits per heavy atom. The topological polar surface area (TPSA) is 103 Å². The third-order valence-electron chi connectivity index (χ3n) is 2.25. The number of hydrogen-bond acceptors (Lipinski definition) is 7. The van der Waals surface area contributed by atoms with Gasteiger partial charge in [0.25, 0.3) is 0 Å². The molecule has 0 atom stereocenters. The van der Waals surface area contributed by atoms with E-state index in [1.165, 1.54) is 0 Å². The highest BCUT2D eigenvalue weighted by Gasteiger charge is 2.10. The zero-order valence-electron chi connectivity index (χ0n) is 8.96. The monoisotopic (exact) mass is 262 g/mol. The highest BCUT2D eigenvalue weighted by Crippen LogP contribution is 2.22. The molecule has 0 saturated heterocycles. The van der Waals surface area contributed by atoms with E-state index in [4.69, 9.17) is 17.3 Å². The molecule has 0 aliphatic heterocycles. The lowest BCUT2D eigenvalue weighted by Crippen LogP contribution is -2.02. The predicted molar refractivity (Wildman–Crippen MR) is 66.5 cm³/mol. The fourth-order valence-corrected chi connectivity index (χ4v) is 1.54. The summed E-state index contributed by atoms with van der Waals surface area (Å²) in [4.78, 5) is 8.16. The lowest BCUT2D eigenvalue weighted by molar-refractivity contribution is 0.314. The van der Waals surface area contributed by atoms with Crippen molar-refractivity contribution in [3.63, 3.8) is 0 Å². The molecule has 18 heavy (non-hydrogen) atoms. The van der Waals surface area contributed by atoms with E-state index < -0.39 is 0 Å². The van der Waals surface area contributed by atoms with E-state index in [0.717, 1.165) is 5.69 Å². The van der Waals surface area contributed by atoms with Crippen LogP contribution in [0.15, 0.2) is 28.9 Å². The lowest BCUT2D eigenvalue weighted by Gasteiger charge is -2.06. The van der Waals surface area contributed by atoms with E-state index in [1.54, 1.807) is 24.3 Å². The predicted octanol–water partition coefficient (Wildman–Crippen LogP) is 1.99. The molecule has 0 unspecified atom stereocenters. The lowest BCUT2D eigenvalue weighted by atomic mass is 10.3. The van der Waals surface area contributed by atoms with E-state index in [0.29, 0.717) is 16.5 Å². The van der Waals surface area contributed by atoms with E-state index >= 15 is 0 Å². The van der Waals surface area contributed by atoms with Gasteiger partial charge in [0.2, 0.25) is 11.3 Å². The van der Waals surface area contributed by atoms with Crippen LogP contribution in [0, 0.1) is 0 Å². The highest BCUT2D eigenvalue weighted by molar-refractivity contribution is 6.30. The molecule has 2 aromatic heterocycles. The molecule has 0 fully saturated rings. The molecular weight excluding hydrogens is 256 g/mol. The number of benzene rings is 1.